The smallest absolute Gasteiger partial charge is 0.254 e. The molecule has 2 saturated heterocycles. The second-order valence-corrected chi connectivity index (χ2v) is 8.97. The van der Waals surface area contributed by atoms with Gasteiger partial charge in [0.1, 0.15) is 0 Å². The predicted molar refractivity (Wildman–Crippen MR) is 124 cm³/mol. The van der Waals surface area contributed by atoms with E-state index in [0.29, 0.717) is 6.04 Å². The lowest BCUT2D eigenvalue weighted by Crippen LogP contribution is -2.42. The molecule has 0 spiro atoms. The monoisotopic (exact) mass is 434 g/mol. The average molecular weight is 435 g/mol. The van der Waals surface area contributed by atoms with Crippen LogP contribution in [0.2, 0.25) is 5.02 Å². The van der Waals surface area contributed by atoms with E-state index < -0.39 is 0 Å². The molecule has 5 nitrogen and oxygen atoms in total. The zero-order valence-electron chi connectivity index (χ0n) is 17.6. The highest BCUT2D eigenvalue weighted by atomic mass is 35.5. The highest BCUT2D eigenvalue weighted by Gasteiger charge is 2.31. The first-order chi connectivity index (χ1) is 15.2. The van der Waals surface area contributed by atoms with E-state index in [0.717, 1.165) is 53.3 Å². The topological polar surface area (TPSA) is 41.4 Å². The van der Waals surface area contributed by atoms with E-state index in [9.17, 15) is 4.79 Å². The van der Waals surface area contributed by atoms with Gasteiger partial charge in [0.2, 0.25) is 0 Å². The fourth-order valence-corrected chi connectivity index (χ4v) is 4.86. The summed E-state index contributed by atoms with van der Waals surface area (Å²) < 4.78 is 1.84. The third-order valence-corrected chi connectivity index (χ3v) is 6.70. The molecule has 0 unspecified atom stereocenters. The third-order valence-electron chi connectivity index (χ3n) is 6.44. The number of halogens is 1. The molecule has 2 fully saturated rings. The first-order valence-corrected chi connectivity index (χ1v) is 11.5. The highest BCUT2D eigenvalue weighted by Crippen LogP contribution is 2.24. The van der Waals surface area contributed by atoms with E-state index in [4.69, 9.17) is 11.6 Å². The predicted octanol–water partition coefficient (Wildman–Crippen LogP) is 4.89. The standard InChI is InChI=1S/C25H27ClN4O/c26-22-9-5-19(6-10-22)21-16-27-30(17-21)23-11-7-20(8-12-23)25(31)29-15-3-4-24(29)18-28-13-1-2-14-28/h5-12,16-17,24H,1-4,13-15,18H2/t24-/m0/s1. The number of carbonyl (C=O) groups excluding carboxylic acids is 1. The largest absolute Gasteiger partial charge is 0.334 e. The Morgan fingerprint density at radius 2 is 1.68 bits per heavy atom. The summed E-state index contributed by atoms with van der Waals surface area (Å²) in [7, 11) is 0. The molecule has 2 aliphatic rings. The van der Waals surface area contributed by atoms with E-state index in [2.05, 4.69) is 14.9 Å². The lowest BCUT2D eigenvalue weighted by Gasteiger charge is -2.28. The molecule has 2 aliphatic heterocycles. The summed E-state index contributed by atoms with van der Waals surface area (Å²) in [5, 5.41) is 5.21. The number of aromatic nitrogens is 2. The molecule has 0 aliphatic carbocycles. The molecule has 2 aromatic carbocycles. The Morgan fingerprint density at radius 3 is 2.42 bits per heavy atom. The lowest BCUT2D eigenvalue weighted by atomic mass is 10.1. The quantitative estimate of drug-likeness (QED) is 0.574. The Balaban J connectivity index is 1.28. The van der Waals surface area contributed by atoms with Gasteiger partial charge in [-0.25, -0.2) is 4.68 Å². The molecule has 0 radical (unpaired) electrons. The van der Waals surface area contributed by atoms with E-state index >= 15 is 0 Å². The van der Waals surface area contributed by atoms with Crippen LogP contribution in [0.3, 0.4) is 0 Å². The van der Waals surface area contributed by atoms with Crippen LogP contribution in [-0.2, 0) is 0 Å². The van der Waals surface area contributed by atoms with Crippen LogP contribution in [0.25, 0.3) is 16.8 Å². The maximum Gasteiger partial charge on any atom is 0.254 e. The summed E-state index contributed by atoms with van der Waals surface area (Å²) in [5.41, 5.74) is 3.79. The molecule has 5 rings (SSSR count). The first kappa shape index (κ1) is 20.3. The van der Waals surface area contributed by atoms with Crippen molar-refractivity contribution in [2.75, 3.05) is 26.2 Å². The summed E-state index contributed by atoms with van der Waals surface area (Å²) in [6, 6.07) is 15.9. The first-order valence-electron chi connectivity index (χ1n) is 11.1. The van der Waals surface area contributed by atoms with Crippen LogP contribution in [0.1, 0.15) is 36.0 Å². The van der Waals surface area contributed by atoms with Gasteiger partial charge in [0.05, 0.1) is 11.9 Å². The van der Waals surface area contributed by atoms with Gasteiger partial charge in [-0.2, -0.15) is 5.10 Å². The highest BCUT2D eigenvalue weighted by molar-refractivity contribution is 6.30. The number of hydrogen-bond donors (Lipinski definition) is 0. The van der Waals surface area contributed by atoms with Crippen LogP contribution in [0.15, 0.2) is 60.9 Å². The summed E-state index contributed by atoms with van der Waals surface area (Å²) in [4.78, 5) is 17.8. The summed E-state index contributed by atoms with van der Waals surface area (Å²) in [6.07, 6.45) is 8.62. The molecule has 1 atom stereocenters. The molecule has 0 bridgehead atoms. The van der Waals surface area contributed by atoms with Gasteiger partial charge in [-0.3, -0.25) is 4.79 Å². The molecular weight excluding hydrogens is 408 g/mol. The van der Waals surface area contributed by atoms with Crippen molar-refractivity contribution in [1.82, 2.24) is 19.6 Å². The van der Waals surface area contributed by atoms with E-state index in [1.165, 1.54) is 25.9 Å². The van der Waals surface area contributed by atoms with E-state index in [1.54, 1.807) is 0 Å². The zero-order valence-corrected chi connectivity index (χ0v) is 18.3. The fourth-order valence-electron chi connectivity index (χ4n) is 4.73. The van der Waals surface area contributed by atoms with Crippen molar-refractivity contribution in [2.45, 2.75) is 31.7 Å². The average Bonchev–Trinajstić information content (AvgIpc) is 3.57. The van der Waals surface area contributed by atoms with Gasteiger partial charge in [-0.05, 0) is 80.7 Å². The normalized spacial score (nSPS) is 19.3. The van der Waals surface area contributed by atoms with Crippen LogP contribution >= 0.6 is 11.6 Å². The summed E-state index contributed by atoms with van der Waals surface area (Å²) in [6.45, 7) is 4.23. The van der Waals surface area contributed by atoms with Gasteiger partial charge in [0.15, 0.2) is 0 Å². The van der Waals surface area contributed by atoms with Gasteiger partial charge in [0.25, 0.3) is 5.91 Å². The fraction of sp³-hybridized carbons (Fsp3) is 0.360. The maximum absolute atomic E-state index is 13.2. The van der Waals surface area contributed by atoms with Crippen molar-refractivity contribution in [3.63, 3.8) is 0 Å². The SMILES string of the molecule is O=C(c1ccc(-n2cc(-c3ccc(Cl)cc3)cn2)cc1)N1CCC[C@H]1CN1CCCC1. The van der Waals surface area contributed by atoms with Crippen molar-refractivity contribution in [3.05, 3.63) is 71.5 Å². The Kier molecular flexibility index (Phi) is 5.79. The van der Waals surface area contributed by atoms with Gasteiger partial charge in [0, 0.05) is 41.5 Å². The Morgan fingerprint density at radius 1 is 0.935 bits per heavy atom. The van der Waals surface area contributed by atoms with Gasteiger partial charge < -0.3 is 9.80 Å². The molecule has 1 amide bonds. The number of rotatable bonds is 5. The van der Waals surface area contributed by atoms with Crippen molar-refractivity contribution in [3.8, 4) is 16.8 Å². The molecule has 0 N–H and O–H groups in total. The Labute approximate surface area is 188 Å². The Bertz CT molecular complexity index is 1040. The third kappa shape index (κ3) is 4.39. The number of amides is 1. The minimum Gasteiger partial charge on any atom is -0.334 e. The number of likely N-dealkylation sites (tertiary alicyclic amines) is 2. The lowest BCUT2D eigenvalue weighted by molar-refractivity contribution is 0.0709. The summed E-state index contributed by atoms with van der Waals surface area (Å²) >= 11 is 5.98. The second kappa shape index (κ2) is 8.85. The second-order valence-electron chi connectivity index (χ2n) is 8.53. The molecule has 1 aromatic heterocycles. The number of benzene rings is 2. The van der Waals surface area contributed by atoms with Crippen molar-refractivity contribution in [1.29, 1.82) is 0 Å². The zero-order chi connectivity index (χ0) is 21.2. The van der Waals surface area contributed by atoms with Gasteiger partial charge >= 0.3 is 0 Å². The molecule has 0 saturated carbocycles. The van der Waals surface area contributed by atoms with Crippen LogP contribution < -0.4 is 0 Å². The van der Waals surface area contributed by atoms with E-state index in [-0.39, 0.29) is 5.91 Å². The number of nitrogens with zero attached hydrogens (tertiary/aromatic N) is 4. The summed E-state index contributed by atoms with van der Waals surface area (Å²) in [5.74, 6) is 0.149. The Hall–Kier alpha value is -2.63. The maximum atomic E-state index is 13.2. The molecule has 3 heterocycles. The van der Waals surface area contributed by atoms with Crippen molar-refractivity contribution in [2.24, 2.45) is 0 Å². The molecule has 160 valence electrons. The van der Waals surface area contributed by atoms with Crippen LogP contribution in [0.5, 0.6) is 0 Å². The van der Waals surface area contributed by atoms with Crippen molar-refractivity contribution >= 4 is 17.5 Å². The van der Waals surface area contributed by atoms with Crippen molar-refractivity contribution < 1.29 is 4.79 Å². The molecular formula is C25H27ClN4O. The minimum absolute atomic E-state index is 0.149. The van der Waals surface area contributed by atoms with Crippen LogP contribution in [0, 0.1) is 0 Å². The van der Waals surface area contributed by atoms with Gasteiger partial charge in [-0.1, -0.05) is 23.7 Å². The van der Waals surface area contributed by atoms with E-state index in [1.807, 2.05) is 65.6 Å². The molecule has 6 heteroatoms. The minimum atomic E-state index is 0.149. The molecule has 3 aromatic rings. The number of hydrogen-bond acceptors (Lipinski definition) is 3. The number of carbonyl (C=O) groups is 1. The van der Waals surface area contributed by atoms with Gasteiger partial charge in [-0.15, -0.1) is 0 Å². The van der Waals surface area contributed by atoms with Crippen LogP contribution in [-0.4, -0.2) is 57.7 Å². The molecule has 31 heavy (non-hydrogen) atoms. The van der Waals surface area contributed by atoms with Crippen LogP contribution in [0.4, 0.5) is 0 Å².